The van der Waals surface area contributed by atoms with Gasteiger partial charge in [-0.25, -0.2) is 4.39 Å². The molecule has 0 atom stereocenters. The summed E-state index contributed by atoms with van der Waals surface area (Å²) in [6.45, 7) is 3.51. The predicted molar refractivity (Wildman–Crippen MR) is 72.6 cm³/mol. The van der Waals surface area contributed by atoms with Crippen LogP contribution in [-0.4, -0.2) is 54.6 Å². The molecule has 5 heteroatoms. The van der Waals surface area contributed by atoms with Gasteiger partial charge in [-0.05, 0) is 38.2 Å². The molecule has 0 saturated carbocycles. The number of aryl methyl sites for hydroxylation is 1. The minimum absolute atomic E-state index is 0.0384. The van der Waals surface area contributed by atoms with Crippen molar-refractivity contribution in [2.24, 2.45) is 0 Å². The minimum atomic E-state index is -0.869. The molecule has 0 unspecified atom stereocenters. The van der Waals surface area contributed by atoms with E-state index >= 15 is 0 Å². The SMILES string of the molecule is Cc1ccc(CN(CCN(C)C)CC(=O)O)cc1F. The molecule has 4 nitrogen and oxygen atoms in total. The third kappa shape index (κ3) is 5.81. The number of aliphatic carboxylic acids is 1. The molecule has 0 aliphatic rings. The van der Waals surface area contributed by atoms with Crippen molar-refractivity contribution < 1.29 is 14.3 Å². The zero-order valence-electron chi connectivity index (χ0n) is 11.7. The first-order chi connectivity index (χ1) is 8.88. The van der Waals surface area contributed by atoms with Crippen LogP contribution in [0.3, 0.4) is 0 Å². The summed E-state index contributed by atoms with van der Waals surface area (Å²) in [6.07, 6.45) is 0. The number of carbonyl (C=O) groups is 1. The van der Waals surface area contributed by atoms with E-state index in [1.54, 1.807) is 17.9 Å². The van der Waals surface area contributed by atoms with Crippen molar-refractivity contribution in [1.82, 2.24) is 9.80 Å². The van der Waals surface area contributed by atoms with Crippen molar-refractivity contribution in [2.45, 2.75) is 13.5 Å². The van der Waals surface area contributed by atoms with E-state index in [0.717, 1.165) is 12.1 Å². The van der Waals surface area contributed by atoms with Gasteiger partial charge < -0.3 is 10.0 Å². The molecule has 106 valence electrons. The summed E-state index contributed by atoms with van der Waals surface area (Å²) in [6, 6.07) is 5.03. The average molecular weight is 268 g/mol. The van der Waals surface area contributed by atoms with Gasteiger partial charge in [-0.15, -0.1) is 0 Å². The summed E-state index contributed by atoms with van der Waals surface area (Å²) in [4.78, 5) is 14.6. The molecule has 0 spiro atoms. The van der Waals surface area contributed by atoms with Crippen molar-refractivity contribution in [3.05, 3.63) is 35.1 Å². The van der Waals surface area contributed by atoms with Crippen molar-refractivity contribution in [3.63, 3.8) is 0 Å². The molecule has 0 saturated heterocycles. The summed E-state index contributed by atoms with van der Waals surface area (Å²) in [5.41, 5.74) is 1.39. The van der Waals surface area contributed by atoms with Gasteiger partial charge in [0.05, 0.1) is 6.54 Å². The molecule has 0 radical (unpaired) electrons. The quantitative estimate of drug-likeness (QED) is 0.815. The molecular formula is C14H21FN2O2. The van der Waals surface area contributed by atoms with Gasteiger partial charge in [-0.3, -0.25) is 9.69 Å². The third-order valence-corrected chi connectivity index (χ3v) is 2.86. The lowest BCUT2D eigenvalue weighted by Gasteiger charge is -2.22. The summed E-state index contributed by atoms with van der Waals surface area (Å²) < 4.78 is 13.5. The molecule has 0 aliphatic heterocycles. The van der Waals surface area contributed by atoms with E-state index < -0.39 is 5.97 Å². The Bertz CT molecular complexity index is 435. The Balaban J connectivity index is 2.69. The van der Waals surface area contributed by atoms with E-state index in [9.17, 15) is 9.18 Å². The van der Waals surface area contributed by atoms with Crippen LogP contribution in [0.4, 0.5) is 4.39 Å². The summed E-state index contributed by atoms with van der Waals surface area (Å²) in [7, 11) is 3.87. The van der Waals surface area contributed by atoms with Gasteiger partial charge in [-0.1, -0.05) is 12.1 Å². The monoisotopic (exact) mass is 268 g/mol. The maximum atomic E-state index is 13.5. The smallest absolute Gasteiger partial charge is 0.317 e. The van der Waals surface area contributed by atoms with Crippen molar-refractivity contribution in [1.29, 1.82) is 0 Å². The average Bonchev–Trinajstić information content (AvgIpc) is 2.30. The second kappa shape index (κ2) is 7.21. The number of nitrogens with zero attached hydrogens (tertiary/aromatic N) is 2. The topological polar surface area (TPSA) is 43.8 Å². The number of carboxylic acids is 1. The van der Waals surface area contributed by atoms with Crippen molar-refractivity contribution in [3.8, 4) is 0 Å². The first kappa shape index (κ1) is 15.6. The van der Waals surface area contributed by atoms with Gasteiger partial charge in [-0.2, -0.15) is 0 Å². The first-order valence-corrected chi connectivity index (χ1v) is 6.22. The number of hydrogen-bond donors (Lipinski definition) is 1. The maximum Gasteiger partial charge on any atom is 0.317 e. The standard InChI is InChI=1S/C14H21FN2O2/c1-11-4-5-12(8-13(11)15)9-17(10-14(18)19)7-6-16(2)3/h4-5,8H,6-7,9-10H2,1-3H3,(H,18,19). The third-order valence-electron chi connectivity index (χ3n) is 2.86. The van der Waals surface area contributed by atoms with E-state index in [1.807, 2.05) is 25.1 Å². The Morgan fingerprint density at radius 2 is 2.00 bits per heavy atom. The maximum absolute atomic E-state index is 13.5. The highest BCUT2D eigenvalue weighted by molar-refractivity contribution is 5.69. The summed E-state index contributed by atoms with van der Waals surface area (Å²) in [5, 5.41) is 8.90. The van der Waals surface area contributed by atoms with Crippen LogP contribution in [0.25, 0.3) is 0 Å². The van der Waals surface area contributed by atoms with Crippen LogP contribution in [0.5, 0.6) is 0 Å². The Kier molecular flexibility index (Phi) is 5.92. The van der Waals surface area contributed by atoms with E-state index in [-0.39, 0.29) is 12.4 Å². The number of halogens is 1. The molecule has 1 aromatic rings. The number of likely N-dealkylation sites (N-methyl/N-ethyl adjacent to an activating group) is 1. The largest absolute Gasteiger partial charge is 0.480 e. The van der Waals surface area contributed by atoms with E-state index in [0.29, 0.717) is 18.7 Å². The Labute approximate surface area is 113 Å². The van der Waals surface area contributed by atoms with Crippen LogP contribution in [0.2, 0.25) is 0 Å². The van der Waals surface area contributed by atoms with E-state index in [4.69, 9.17) is 5.11 Å². The fraction of sp³-hybridized carbons (Fsp3) is 0.500. The molecule has 0 aliphatic carbocycles. The zero-order chi connectivity index (χ0) is 14.4. The Morgan fingerprint density at radius 3 is 2.53 bits per heavy atom. The number of benzene rings is 1. The Morgan fingerprint density at radius 1 is 1.32 bits per heavy atom. The van der Waals surface area contributed by atoms with Crippen LogP contribution >= 0.6 is 0 Å². The predicted octanol–water partition coefficient (Wildman–Crippen LogP) is 1.58. The lowest BCUT2D eigenvalue weighted by molar-refractivity contribution is -0.138. The second-order valence-electron chi connectivity index (χ2n) is 4.99. The summed E-state index contributed by atoms with van der Waals surface area (Å²) >= 11 is 0. The lowest BCUT2D eigenvalue weighted by Crippen LogP contribution is -2.35. The highest BCUT2D eigenvalue weighted by Gasteiger charge is 2.11. The van der Waals surface area contributed by atoms with Gasteiger partial charge in [0, 0.05) is 19.6 Å². The van der Waals surface area contributed by atoms with Gasteiger partial charge in [0.15, 0.2) is 0 Å². The van der Waals surface area contributed by atoms with E-state index in [2.05, 4.69) is 0 Å². The van der Waals surface area contributed by atoms with Crippen LogP contribution in [0.15, 0.2) is 18.2 Å². The fourth-order valence-corrected chi connectivity index (χ4v) is 1.74. The number of carboxylic acid groups (broad SMARTS) is 1. The first-order valence-electron chi connectivity index (χ1n) is 6.22. The molecular weight excluding hydrogens is 247 g/mol. The molecule has 1 rings (SSSR count). The van der Waals surface area contributed by atoms with Gasteiger partial charge in [0.25, 0.3) is 0 Å². The number of hydrogen-bond acceptors (Lipinski definition) is 3. The van der Waals surface area contributed by atoms with Gasteiger partial charge in [0.2, 0.25) is 0 Å². The molecule has 0 heterocycles. The Hall–Kier alpha value is -1.46. The minimum Gasteiger partial charge on any atom is -0.480 e. The van der Waals surface area contributed by atoms with Crippen molar-refractivity contribution in [2.75, 3.05) is 33.7 Å². The van der Waals surface area contributed by atoms with Crippen molar-refractivity contribution >= 4 is 5.97 Å². The molecule has 19 heavy (non-hydrogen) atoms. The van der Waals surface area contributed by atoms with Crippen LogP contribution in [0, 0.1) is 12.7 Å². The second-order valence-corrected chi connectivity index (χ2v) is 4.99. The molecule has 0 fully saturated rings. The highest BCUT2D eigenvalue weighted by atomic mass is 19.1. The lowest BCUT2D eigenvalue weighted by atomic mass is 10.1. The van der Waals surface area contributed by atoms with Crippen LogP contribution in [0.1, 0.15) is 11.1 Å². The normalized spacial score (nSPS) is 11.3. The fourth-order valence-electron chi connectivity index (χ4n) is 1.74. The van der Waals surface area contributed by atoms with Gasteiger partial charge in [0.1, 0.15) is 5.82 Å². The molecule has 1 N–H and O–H groups in total. The molecule has 0 amide bonds. The zero-order valence-corrected chi connectivity index (χ0v) is 11.7. The highest BCUT2D eigenvalue weighted by Crippen LogP contribution is 2.11. The number of rotatable bonds is 7. The van der Waals surface area contributed by atoms with Gasteiger partial charge >= 0.3 is 5.97 Å². The molecule has 0 bridgehead atoms. The van der Waals surface area contributed by atoms with Crippen LogP contribution in [-0.2, 0) is 11.3 Å². The summed E-state index contributed by atoms with van der Waals surface area (Å²) in [5.74, 6) is -1.12. The molecule has 1 aromatic carbocycles. The van der Waals surface area contributed by atoms with Crippen LogP contribution < -0.4 is 0 Å². The molecule has 0 aromatic heterocycles. The van der Waals surface area contributed by atoms with E-state index in [1.165, 1.54) is 6.07 Å².